The van der Waals surface area contributed by atoms with Crippen molar-refractivity contribution >= 4 is 34.8 Å². The van der Waals surface area contributed by atoms with E-state index in [1.165, 1.54) is 0 Å². The average molecular weight is 397 g/mol. The van der Waals surface area contributed by atoms with Crippen LogP contribution < -0.4 is 5.32 Å². The van der Waals surface area contributed by atoms with Gasteiger partial charge in [0.05, 0.1) is 17.3 Å². The van der Waals surface area contributed by atoms with E-state index in [-0.39, 0.29) is 5.91 Å². The number of unbranched alkanes of at least 4 members (excludes halogenated alkanes) is 2. The zero-order chi connectivity index (χ0) is 18.8. The molecule has 0 spiro atoms. The summed E-state index contributed by atoms with van der Waals surface area (Å²) in [6.45, 7) is 5.25. The number of benzene rings is 1. The van der Waals surface area contributed by atoms with Crippen molar-refractivity contribution in [1.82, 2.24) is 14.7 Å². The van der Waals surface area contributed by atoms with Crippen LogP contribution in [0.1, 0.15) is 32.6 Å². The lowest BCUT2D eigenvalue weighted by Gasteiger charge is -2.21. The van der Waals surface area contributed by atoms with Crippen molar-refractivity contribution < 1.29 is 4.79 Å². The maximum atomic E-state index is 12.3. The van der Waals surface area contributed by atoms with Crippen molar-refractivity contribution in [2.24, 2.45) is 0 Å². The van der Waals surface area contributed by atoms with E-state index in [0.29, 0.717) is 22.3 Å². The van der Waals surface area contributed by atoms with Crippen molar-refractivity contribution in [2.45, 2.75) is 39.2 Å². The van der Waals surface area contributed by atoms with Crippen LogP contribution in [-0.4, -0.2) is 40.2 Å². The van der Waals surface area contributed by atoms with Gasteiger partial charge in [0.1, 0.15) is 0 Å². The third-order valence-electron chi connectivity index (χ3n) is 4.03. The van der Waals surface area contributed by atoms with Gasteiger partial charge >= 0.3 is 0 Å². The third kappa shape index (κ3) is 7.36. The molecule has 1 heterocycles. The maximum Gasteiger partial charge on any atom is 0.238 e. The van der Waals surface area contributed by atoms with Gasteiger partial charge in [0.2, 0.25) is 5.91 Å². The summed E-state index contributed by atoms with van der Waals surface area (Å²) in [6.07, 6.45) is 8.07. The molecule has 0 aliphatic rings. The Morgan fingerprint density at radius 3 is 2.77 bits per heavy atom. The highest BCUT2D eigenvalue weighted by Gasteiger charge is 2.11. The van der Waals surface area contributed by atoms with Gasteiger partial charge in [0.25, 0.3) is 0 Å². The number of hydrogen-bond donors (Lipinski definition) is 1. The molecule has 0 radical (unpaired) electrons. The van der Waals surface area contributed by atoms with Crippen LogP contribution >= 0.6 is 23.2 Å². The predicted molar refractivity (Wildman–Crippen MR) is 108 cm³/mol. The van der Waals surface area contributed by atoms with Gasteiger partial charge in [-0.3, -0.25) is 14.4 Å². The number of nitrogens with zero attached hydrogens (tertiary/aromatic N) is 3. The Morgan fingerprint density at radius 2 is 2.08 bits per heavy atom. The summed E-state index contributed by atoms with van der Waals surface area (Å²) in [6, 6.07) is 7.01. The number of rotatable bonds is 11. The van der Waals surface area contributed by atoms with Crippen LogP contribution in [-0.2, 0) is 11.3 Å². The number of halogens is 2. The van der Waals surface area contributed by atoms with E-state index < -0.39 is 0 Å². The topological polar surface area (TPSA) is 50.2 Å². The van der Waals surface area contributed by atoms with E-state index in [1.54, 1.807) is 24.4 Å². The number of aryl methyl sites for hydroxylation is 1. The smallest absolute Gasteiger partial charge is 0.238 e. The molecule has 0 atom stereocenters. The molecule has 1 aromatic heterocycles. The number of amides is 1. The molecule has 1 amide bonds. The second-order valence-electron chi connectivity index (χ2n) is 6.28. The van der Waals surface area contributed by atoms with Gasteiger partial charge < -0.3 is 5.32 Å². The minimum Gasteiger partial charge on any atom is -0.324 e. The Morgan fingerprint density at radius 1 is 1.23 bits per heavy atom. The molecule has 2 rings (SSSR count). The first-order valence-corrected chi connectivity index (χ1v) is 9.78. The minimum absolute atomic E-state index is 0.0563. The predicted octanol–water partition coefficient (Wildman–Crippen LogP) is 4.71. The minimum atomic E-state index is -0.0563. The molecule has 0 fully saturated rings. The van der Waals surface area contributed by atoms with Crippen LogP contribution in [0.15, 0.2) is 36.7 Å². The Labute approximate surface area is 165 Å². The van der Waals surface area contributed by atoms with Gasteiger partial charge in [-0.2, -0.15) is 5.10 Å². The van der Waals surface area contributed by atoms with Gasteiger partial charge in [0.15, 0.2) is 0 Å². The fourth-order valence-corrected chi connectivity index (χ4v) is 3.24. The molecule has 0 bridgehead atoms. The van der Waals surface area contributed by atoms with Gasteiger partial charge in [-0.05, 0) is 56.6 Å². The normalized spacial score (nSPS) is 11.1. The number of carbonyl (C=O) groups is 1. The van der Waals surface area contributed by atoms with Gasteiger partial charge in [-0.25, -0.2) is 0 Å². The Kier molecular flexibility index (Phi) is 8.95. The van der Waals surface area contributed by atoms with Crippen LogP contribution in [0.3, 0.4) is 0 Å². The fourth-order valence-electron chi connectivity index (χ4n) is 2.79. The van der Waals surface area contributed by atoms with Crippen molar-refractivity contribution in [1.29, 1.82) is 0 Å². The summed E-state index contributed by atoms with van der Waals surface area (Å²) in [5.41, 5.74) is 0.594. The quantitative estimate of drug-likeness (QED) is 0.559. The molecule has 5 nitrogen and oxygen atoms in total. The van der Waals surface area contributed by atoms with E-state index in [0.717, 1.165) is 45.3 Å². The molecule has 7 heteroatoms. The van der Waals surface area contributed by atoms with E-state index in [2.05, 4.69) is 22.2 Å². The Bertz CT molecular complexity index is 676. The second kappa shape index (κ2) is 11.2. The molecule has 0 aliphatic heterocycles. The summed E-state index contributed by atoms with van der Waals surface area (Å²) in [5, 5.41) is 8.07. The molecule has 0 unspecified atom stereocenters. The zero-order valence-corrected chi connectivity index (χ0v) is 16.6. The summed E-state index contributed by atoms with van der Waals surface area (Å²) < 4.78 is 1.95. The summed E-state index contributed by atoms with van der Waals surface area (Å²) >= 11 is 12.0. The standard InChI is InChI=1S/C19H26Cl2N4O/c1-2-10-24(11-4-3-5-12-25-13-6-9-22-25)15-19(26)23-18-8-7-16(20)14-17(18)21/h6-9,13-14H,2-5,10-12,15H2,1H3,(H,23,26). The highest BCUT2D eigenvalue weighted by molar-refractivity contribution is 6.36. The van der Waals surface area contributed by atoms with Crippen LogP contribution in [0.4, 0.5) is 5.69 Å². The molecule has 2 aromatic rings. The average Bonchev–Trinajstić information content (AvgIpc) is 3.10. The number of aromatic nitrogens is 2. The Balaban J connectivity index is 1.72. The van der Waals surface area contributed by atoms with E-state index in [9.17, 15) is 4.79 Å². The highest BCUT2D eigenvalue weighted by atomic mass is 35.5. The number of nitrogens with one attached hydrogen (secondary N) is 1. The second-order valence-corrected chi connectivity index (χ2v) is 7.12. The van der Waals surface area contributed by atoms with Gasteiger partial charge in [-0.1, -0.05) is 36.5 Å². The lowest BCUT2D eigenvalue weighted by atomic mass is 10.2. The van der Waals surface area contributed by atoms with Crippen LogP contribution in [0.5, 0.6) is 0 Å². The van der Waals surface area contributed by atoms with Crippen LogP contribution in [0, 0.1) is 0 Å². The van der Waals surface area contributed by atoms with Crippen LogP contribution in [0.25, 0.3) is 0 Å². The molecule has 1 aromatic carbocycles. The van der Waals surface area contributed by atoms with Gasteiger partial charge in [-0.15, -0.1) is 0 Å². The first-order chi connectivity index (χ1) is 12.6. The lowest BCUT2D eigenvalue weighted by molar-refractivity contribution is -0.117. The first-order valence-electron chi connectivity index (χ1n) is 9.03. The molecule has 0 saturated heterocycles. The molecule has 0 aliphatic carbocycles. The highest BCUT2D eigenvalue weighted by Crippen LogP contribution is 2.25. The summed E-state index contributed by atoms with van der Waals surface area (Å²) in [5.74, 6) is -0.0563. The number of carbonyl (C=O) groups excluding carboxylic acids is 1. The van der Waals surface area contributed by atoms with E-state index in [1.807, 2.05) is 16.9 Å². The number of hydrogen-bond acceptors (Lipinski definition) is 3. The SMILES string of the molecule is CCCN(CCCCCn1cccn1)CC(=O)Nc1ccc(Cl)cc1Cl. The van der Waals surface area contributed by atoms with E-state index >= 15 is 0 Å². The molecule has 0 saturated carbocycles. The third-order valence-corrected chi connectivity index (χ3v) is 4.58. The van der Waals surface area contributed by atoms with Crippen molar-refractivity contribution in [3.8, 4) is 0 Å². The molecular weight excluding hydrogens is 371 g/mol. The summed E-state index contributed by atoms with van der Waals surface area (Å²) in [7, 11) is 0. The Hall–Kier alpha value is -1.56. The fraction of sp³-hybridized carbons (Fsp3) is 0.474. The molecular formula is C19H26Cl2N4O. The zero-order valence-electron chi connectivity index (χ0n) is 15.1. The maximum absolute atomic E-state index is 12.3. The molecule has 26 heavy (non-hydrogen) atoms. The van der Waals surface area contributed by atoms with Gasteiger partial charge in [0, 0.05) is 24.0 Å². The lowest BCUT2D eigenvalue weighted by Crippen LogP contribution is -2.34. The van der Waals surface area contributed by atoms with Crippen molar-refractivity contribution in [3.05, 3.63) is 46.7 Å². The van der Waals surface area contributed by atoms with Crippen molar-refractivity contribution in [3.63, 3.8) is 0 Å². The van der Waals surface area contributed by atoms with E-state index in [4.69, 9.17) is 23.2 Å². The largest absolute Gasteiger partial charge is 0.324 e. The number of anilines is 1. The van der Waals surface area contributed by atoms with Crippen LogP contribution in [0.2, 0.25) is 10.0 Å². The molecule has 142 valence electrons. The molecule has 1 N–H and O–H groups in total. The van der Waals surface area contributed by atoms with Crippen molar-refractivity contribution in [2.75, 3.05) is 25.0 Å². The summed E-state index contributed by atoms with van der Waals surface area (Å²) in [4.78, 5) is 14.5. The first kappa shape index (κ1) is 20.7. The monoisotopic (exact) mass is 396 g/mol.